The first-order chi connectivity index (χ1) is 13.0. The van der Waals surface area contributed by atoms with E-state index < -0.39 is 8.32 Å². The van der Waals surface area contributed by atoms with Crippen molar-refractivity contribution in [3.05, 3.63) is 22.3 Å². The Morgan fingerprint density at radius 3 is 2.54 bits per heavy atom. The number of hydrogen-bond donors (Lipinski definition) is 0. The number of hydrogen-bond acceptors (Lipinski definition) is 5. The van der Waals surface area contributed by atoms with Crippen molar-refractivity contribution < 1.29 is 18.8 Å². The Morgan fingerprint density at radius 1 is 1.29 bits per heavy atom. The summed E-state index contributed by atoms with van der Waals surface area (Å²) >= 11 is 0. The summed E-state index contributed by atoms with van der Waals surface area (Å²) in [6.45, 7) is 13.8. The van der Waals surface area contributed by atoms with Crippen molar-refractivity contribution in [2.75, 3.05) is 20.4 Å². The van der Waals surface area contributed by atoms with Gasteiger partial charge in [-0.3, -0.25) is 10.1 Å². The predicted octanol–water partition coefficient (Wildman–Crippen LogP) is 5.42. The second kappa shape index (κ2) is 11.4. The van der Waals surface area contributed by atoms with E-state index in [1.807, 2.05) is 0 Å². The summed E-state index contributed by atoms with van der Waals surface area (Å²) in [5, 5.41) is 11.2. The lowest BCUT2D eigenvalue weighted by atomic mass is 9.95. The predicted molar refractivity (Wildman–Crippen MR) is 116 cm³/mol. The molecule has 1 aliphatic carbocycles. The number of nitro groups is 1. The molecule has 0 aromatic heterocycles. The molecular weight excluding hydrogens is 374 g/mol. The van der Waals surface area contributed by atoms with E-state index in [2.05, 4.69) is 52.9 Å². The van der Waals surface area contributed by atoms with Crippen LogP contribution in [0, 0.1) is 22.0 Å². The maximum Gasteiger partial charge on any atom is 0.207 e. The molecule has 164 valence electrons. The number of ether oxygens (including phenoxy) is 2. The molecule has 0 N–H and O–H groups in total. The highest BCUT2D eigenvalue weighted by molar-refractivity contribution is 6.74. The maximum atomic E-state index is 11.0. The summed E-state index contributed by atoms with van der Waals surface area (Å²) in [5.41, 5.74) is 0. The molecule has 28 heavy (non-hydrogen) atoms. The van der Waals surface area contributed by atoms with E-state index in [1.165, 1.54) is 0 Å². The van der Waals surface area contributed by atoms with Crippen molar-refractivity contribution in [3.63, 3.8) is 0 Å². The third-order valence-electron chi connectivity index (χ3n) is 6.18. The molecule has 0 unspecified atom stereocenters. The number of methoxy groups -OCH3 is 1. The molecule has 0 bridgehead atoms. The Morgan fingerprint density at radius 2 is 1.96 bits per heavy atom. The monoisotopic (exact) mass is 415 g/mol. The lowest BCUT2D eigenvalue weighted by molar-refractivity contribution is -0.489. The van der Waals surface area contributed by atoms with Crippen LogP contribution < -0.4 is 0 Å². The Labute approximate surface area is 172 Å². The fraction of sp³-hybridized carbons (Fsp3) is 0.905. The van der Waals surface area contributed by atoms with Gasteiger partial charge in [0.1, 0.15) is 6.79 Å². The highest BCUT2D eigenvalue weighted by atomic mass is 28.4. The van der Waals surface area contributed by atoms with Crippen molar-refractivity contribution in [2.24, 2.45) is 11.8 Å². The van der Waals surface area contributed by atoms with Crippen LogP contribution in [0.3, 0.4) is 0 Å². The van der Waals surface area contributed by atoms with Gasteiger partial charge >= 0.3 is 0 Å². The third kappa shape index (κ3) is 8.72. The summed E-state index contributed by atoms with van der Waals surface area (Å²) in [6.07, 6.45) is 9.35. The standard InChI is InChI=1S/C21H41NO5Si/c1-17(27-28(6,7)21(2,3)4)11-9-8-10-12-18-13-20(26-16-25-5)14-19(18)15-22(23)24/h10,12,17-20H,8-9,11,13-16H2,1-7H3/b12-10+/t17-,18+,19-,20-/m0/s1. The van der Waals surface area contributed by atoms with E-state index >= 15 is 0 Å². The van der Waals surface area contributed by atoms with Crippen LogP contribution in [0.2, 0.25) is 18.1 Å². The Kier molecular flexibility index (Phi) is 10.3. The highest BCUT2D eigenvalue weighted by Crippen LogP contribution is 2.38. The summed E-state index contributed by atoms with van der Waals surface area (Å²) in [7, 11) is -0.113. The molecule has 0 aromatic rings. The average Bonchev–Trinajstić information content (AvgIpc) is 2.92. The molecule has 0 saturated heterocycles. The Balaban J connectivity index is 2.42. The van der Waals surface area contributed by atoms with Gasteiger partial charge in [0.15, 0.2) is 8.32 Å². The molecule has 0 spiro atoms. The van der Waals surface area contributed by atoms with E-state index in [0.717, 1.165) is 32.1 Å². The van der Waals surface area contributed by atoms with E-state index in [4.69, 9.17) is 13.9 Å². The Bertz CT molecular complexity index is 504. The molecule has 1 fully saturated rings. The summed E-state index contributed by atoms with van der Waals surface area (Å²) in [6, 6.07) is 0. The van der Waals surface area contributed by atoms with Gasteiger partial charge < -0.3 is 13.9 Å². The van der Waals surface area contributed by atoms with Gasteiger partial charge in [-0.15, -0.1) is 0 Å². The van der Waals surface area contributed by atoms with Gasteiger partial charge in [0, 0.05) is 24.1 Å². The maximum absolute atomic E-state index is 11.0. The Hall–Kier alpha value is -0.763. The minimum absolute atomic E-state index is 0.0131. The molecule has 0 aromatic carbocycles. The van der Waals surface area contributed by atoms with Crippen LogP contribution in [0.4, 0.5) is 0 Å². The zero-order valence-electron chi connectivity index (χ0n) is 18.9. The molecule has 4 atom stereocenters. The minimum atomic E-state index is -1.71. The van der Waals surface area contributed by atoms with Crippen LogP contribution in [0.5, 0.6) is 0 Å². The van der Waals surface area contributed by atoms with Crippen LogP contribution in [-0.4, -0.2) is 45.9 Å². The van der Waals surface area contributed by atoms with E-state index in [-0.39, 0.29) is 47.3 Å². The fourth-order valence-electron chi connectivity index (χ4n) is 3.57. The SMILES string of the molecule is COCO[C@@H]1C[C@@H](C[N+](=O)[O-])[C@H](/C=C/CCC[C@H](C)O[Si](C)(C)C(C)(C)C)C1. The second-order valence-electron chi connectivity index (χ2n) is 9.65. The van der Waals surface area contributed by atoms with Crippen molar-refractivity contribution in [1.29, 1.82) is 0 Å². The van der Waals surface area contributed by atoms with Gasteiger partial charge in [-0.2, -0.15) is 0 Å². The lowest BCUT2D eigenvalue weighted by Crippen LogP contribution is -2.43. The smallest absolute Gasteiger partial charge is 0.207 e. The zero-order chi connectivity index (χ0) is 21.4. The van der Waals surface area contributed by atoms with Gasteiger partial charge in [0.05, 0.1) is 6.10 Å². The van der Waals surface area contributed by atoms with Crippen LogP contribution in [0.15, 0.2) is 12.2 Å². The van der Waals surface area contributed by atoms with Crippen molar-refractivity contribution in [3.8, 4) is 0 Å². The zero-order valence-corrected chi connectivity index (χ0v) is 19.9. The molecule has 1 aliphatic rings. The van der Waals surface area contributed by atoms with Crippen LogP contribution in [0.25, 0.3) is 0 Å². The molecule has 0 heterocycles. The number of rotatable bonds is 12. The highest BCUT2D eigenvalue weighted by Gasteiger charge is 2.38. The van der Waals surface area contributed by atoms with Gasteiger partial charge in [-0.1, -0.05) is 32.9 Å². The van der Waals surface area contributed by atoms with Crippen LogP contribution >= 0.6 is 0 Å². The summed E-state index contributed by atoms with van der Waals surface area (Å²) in [5.74, 6) is 0.266. The number of nitrogens with zero attached hydrogens (tertiary/aromatic N) is 1. The largest absolute Gasteiger partial charge is 0.414 e. The van der Waals surface area contributed by atoms with E-state index in [0.29, 0.717) is 0 Å². The van der Waals surface area contributed by atoms with Crippen LogP contribution in [0.1, 0.15) is 59.8 Å². The fourth-order valence-corrected chi connectivity index (χ4v) is 5.05. The van der Waals surface area contributed by atoms with Gasteiger partial charge in [-0.05, 0) is 63.1 Å². The van der Waals surface area contributed by atoms with Gasteiger partial charge in [-0.25, -0.2) is 0 Å². The van der Waals surface area contributed by atoms with E-state index in [1.54, 1.807) is 7.11 Å². The van der Waals surface area contributed by atoms with Crippen LogP contribution in [-0.2, 0) is 13.9 Å². The third-order valence-corrected chi connectivity index (χ3v) is 10.8. The molecule has 7 heteroatoms. The van der Waals surface area contributed by atoms with Crippen molar-refractivity contribution in [2.45, 2.75) is 90.1 Å². The van der Waals surface area contributed by atoms with Gasteiger partial charge in [0.2, 0.25) is 6.54 Å². The first-order valence-corrected chi connectivity index (χ1v) is 13.4. The summed E-state index contributed by atoms with van der Waals surface area (Å²) < 4.78 is 17.0. The van der Waals surface area contributed by atoms with Gasteiger partial charge in [0.25, 0.3) is 0 Å². The molecule has 1 rings (SSSR count). The number of allylic oxidation sites excluding steroid dienone is 2. The van der Waals surface area contributed by atoms with Crippen molar-refractivity contribution in [1.82, 2.24) is 0 Å². The average molecular weight is 416 g/mol. The van der Waals surface area contributed by atoms with E-state index in [9.17, 15) is 10.1 Å². The quantitative estimate of drug-likeness (QED) is 0.106. The minimum Gasteiger partial charge on any atom is -0.414 e. The molecule has 0 radical (unpaired) electrons. The normalized spacial score (nSPS) is 24.8. The molecular formula is C21H41NO5Si. The molecule has 6 nitrogen and oxygen atoms in total. The second-order valence-corrected chi connectivity index (χ2v) is 14.4. The lowest BCUT2D eigenvalue weighted by Gasteiger charge is -2.38. The van der Waals surface area contributed by atoms with Crippen molar-refractivity contribution >= 4 is 8.32 Å². The first kappa shape index (κ1) is 25.3. The molecule has 1 saturated carbocycles. The molecule has 0 amide bonds. The summed E-state index contributed by atoms with van der Waals surface area (Å²) in [4.78, 5) is 10.8. The topological polar surface area (TPSA) is 70.8 Å². The number of unbranched alkanes of at least 4 members (excludes halogenated alkanes) is 1. The first-order valence-electron chi connectivity index (χ1n) is 10.5. The molecule has 0 aliphatic heterocycles.